The molecule has 1 rings (SSSR count). The van der Waals surface area contributed by atoms with Crippen molar-refractivity contribution in [1.29, 1.82) is 0 Å². The number of hydrogen-bond acceptors (Lipinski definition) is 3. The highest BCUT2D eigenvalue weighted by Crippen LogP contribution is 2.27. The van der Waals surface area contributed by atoms with Gasteiger partial charge in [-0.1, -0.05) is 11.6 Å². The molecule has 15 heavy (non-hydrogen) atoms. The monoisotopic (exact) mass is 250 g/mol. The molecule has 82 valence electrons. The van der Waals surface area contributed by atoms with E-state index in [0.717, 1.165) is 16.2 Å². The maximum absolute atomic E-state index is 12.4. The van der Waals surface area contributed by atoms with Gasteiger partial charge in [0.25, 0.3) is 17.4 Å². The van der Waals surface area contributed by atoms with E-state index in [1.54, 1.807) is 6.92 Å². The summed E-state index contributed by atoms with van der Waals surface area (Å²) in [6.07, 6.45) is 0. The maximum Gasteiger partial charge on any atom is 0.275 e. The zero-order valence-electron chi connectivity index (χ0n) is 7.71. The molecule has 0 aromatic carbocycles. The first-order valence-electron chi connectivity index (χ1n) is 3.91. The highest BCUT2D eigenvalue weighted by molar-refractivity contribution is 7.16. The molecule has 1 aromatic heterocycles. The van der Waals surface area contributed by atoms with Gasteiger partial charge in [-0.15, -0.1) is 11.3 Å². The van der Waals surface area contributed by atoms with Crippen LogP contribution in [0, 0.1) is 6.92 Å². The summed E-state index contributed by atoms with van der Waals surface area (Å²) in [6.45, 7) is 1.74. The highest BCUT2D eigenvalue weighted by atomic mass is 35.5. The van der Waals surface area contributed by atoms with E-state index in [0.29, 0.717) is 0 Å². The summed E-state index contributed by atoms with van der Waals surface area (Å²) < 4.78 is 12.4. The van der Waals surface area contributed by atoms with Crippen molar-refractivity contribution >= 4 is 39.8 Å². The van der Waals surface area contributed by atoms with Gasteiger partial charge in [-0.05, 0) is 13.0 Å². The molecule has 0 radical (unpaired) electrons. The lowest BCUT2D eigenvalue weighted by atomic mass is 10.3. The molecule has 4 nitrogen and oxygen atoms in total. The molecule has 0 saturated carbocycles. The molecule has 0 aliphatic carbocycles. The molecule has 1 atom stereocenters. The first-order chi connectivity index (χ1) is 6.91. The SMILES string of the molecule is Cc1cc(C(N)=O)c(NC(=O)C(F)Cl)s1. The molecular formula is C8H8ClFN2O2S. The van der Waals surface area contributed by atoms with Crippen molar-refractivity contribution in [3.8, 4) is 0 Å². The average Bonchev–Trinajstić information content (AvgIpc) is 2.46. The summed E-state index contributed by atoms with van der Waals surface area (Å²) in [6, 6.07) is 1.52. The molecule has 0 aliphatic rings. The molecule has 1 aromatic rings. The van der Waals surface area contributed by atoms with Crippen LogP contribution in [-0.4, -0.2) is 17.4 Å². The molecule has 7 heteroatoms. The van der Waals surface area contributed by atoms with Gasteiger partial charge in [0, 0.05) is 4.88 Å². The number of thiophene rings is 1. The maximum atomic E-state index is 12.4. The topological polar surface area (TPSA) is 72.2 Å². The van der Waals surface area contributed by atoms with Crippen molar-refractivity contribution in [1.82, 2.24) is 0 Å². The van der Waals surface area contributed by atoms with Crippen LogP contribution in [-0.2, 0) is 4.79 Å². The van der Waals surface area contributed by atoms with Crippen LogP contribution in [0.25, 0.3) is 0 Å². The number of carbonyl (C=O) groups is 2. The predicted molar refractivity (Wildman–Crippen MR) is 57.0 cm³/mol. The van der Waals surface area contributed by atoms with Crippen molar-refractivity contribution < 1.29 is 14.0 Å². The zero-order chi connectivity index (χ0) is 11.6. The largest absolute Gasteiger partial charge is 0.366 e. The molecule has 0 bridgehead atoms. The summed E-state index contributed by atoms with van der Waals surface area (Å²) in [5, 5.41) is 2.40. The Morgan fingerprint density at radius 3 is 2.73 bits per heavy atom. The molecule has 1 unspecified atom stereocenters. The first kappa shape index (κ1) is 11.9. The fourth-order valence-corrected chi connectivity index (χ4v) is 1.93. The Labute approximate surface area is 94.2 Å². The second-order valence-electron chi connectivity index (χ2n) is 2.75. The Kier molecular flexibility index (Phi) is 3.65. The van der Waals surface area contributed by atoms with E-state index in [1.807, 2.05) is 0 Å². The fraction of sp³-hybridized carbons (Fsp3) is 0.250. The van der Waals surface area contributed by atoms with Gasteiger partial charge in [-0.3, -0.25) is 9.59 Å². The third-order valence-corrected chi connectivity index (χ3v) is 2.72. The third-order valence-electron chi connectivity index (χ3n) is 1.56. The van der Waals surface area contributed by atoms with E-state index in [2.05, 4.69) is 5.32 Å². The lowest BCUT2D eigenvalue weighted by molar-refractivity contribution is -0.118. The Bertz CT molecular complexity index is 405. The van der Waals surface area contributed by atoms with Gasteiger partial charge < -0.3 is 11.1 Å². The van der Waals surface area contributed by atoms with E-state index < -0.39 is 17.4 Å². The Morgan fingerprint density at radius 1 is 1.67 bits per heavy atom. The van der Waals surface area contributed by atoms with Gasteiger partial charge in [-0.25, -0.2) is 4.39 Å². The van der Waals surface area contributed by atoms with Crippen molar-refractivity contribution in [2.75, 3.05) is 5.32 Å². The molecule has 2 amide bonds. The van der Waals surface area contributed by atoms with E-state index in [-0.39, 0.29) is 10.6 Å². The van der Waals surface area contributed by atoms with Crippen LogP contribution in [0.1, 0.15) is 15.2 Å². The minimum absolute atomic E-state index is 0.156. The molecule has 0 fully saturated rings. The van der Waals surface area contributed by atoms with Gasteiger partial charge >= 0.3 is 0 Å². The average molecular weight is 251 g/mol. The summed E-state index contributed by atoms with van der Waals surface area (Å²) in [7, 11) is 0. The molecule has 0 spiro atoms. The smallest absolute Gasteiger partial charge is 0.275 e. The van der Waals surface area contributed by atoms with Crippen LogP contribution in [0.15, 0.2) is 6.07 Å². The fourth-order valence-electron chi connectivity index (χ4n) is 0.957. The number of alkyl halides is 2. The van der Waals surface area contributed by atoms with E-state index in [1.165, 1.54) is 6.07 Å². The Balaban J connectivity index is 2.94. The molecule has 1 heterocycles. The van der Waals surface area contributed by atoms with Gasteiger partial charge in [0.15, 0.2) is 0 Å². The highest BCUT2D eigenvalue weighted by Gasteiger charge is 2.18. The van der Waals surface area contributed by atoms with Crippen molar-refractivity contribution in [3.63, 3.8) is 0 Å². The Morgan fingerprint density at radius 2 is 2.27 bits per heavy atom. The standard InChI is InChI=1S/C8H8ClFN2O2S/c1-3-2-4(6(11)13)8(15-3)12-7(14)5(9)10/h2,5H,1H3,(H2,11,13)(H,12,14). The lowest BCUT2D eigenvalue weighted by Crippen LogP contribution is -2.21. The number of aryl methyl sites for hydroxylation is 1. The normalized spacial score (nSPS) is 12.2. The summed E-state index contributed by atoms with van der Waals surface area (Å²) in [4.78, 5) is 22.7. The van der Waals surface area contributed by atoms with E-state index >= 15 is 0 Å². The molecule has 0 saturated heterocycles. The number of anilines is 1. The minimum atomic E-state index is -2.15. The van der Waals surface area contributed by atoms with Crippen LogP contribution in [0.5, 0.6) is 0 Å². The number of nitrogens with one attached hydrogen (secondary N) is 1. The number of carbonyl (C=O) groups excluding carboxylic acids is 2. The second kappa shape index (κ2) is 4.59. The first-order valence-corrected chi connectivity index (χ1v) is 5.16. The summed E-state index contributed by atoms with van der Waals surface area (Å²) in [5.74, 6) is -1.69. The molecule has 3 N–H and O–H groups in total. The van der Waals surface area contributed by atoms with Crippen LogP contribution in [0.2, 0.25) is 0 Å². The summed E-state index contributed by atoms with van der Waals surface area (Å²) in [5.41, 5.74) is 3.08. The van der Waals surface area contributed by atoms with Crippen LogP contribution < -0.4 is 11.1 Å². The number of amides is 2. The number of nitrogens with two attached hydrogens (primary N) is 1. The van der Waals surface area contributed by atoms with Crippen molar-refractivity contribution in [2.24, 2.45) is 5.73 Å². The zero-order valence-corrected chi connectivity index (χ0v) is 9.29. The van der Waals surface area contributed by atoms with Crippen LogP contribution in [0.3, 0.4) is 0 Å². The van der Waals surface area contributed by atoms with Gasteiger partial charge in [0.05, 0.1) is 5.56 Å². The number of rotatable bonds is 3. The quantitative estimate of drug-likeness (QED) is 0.801. The van der Waals surface area contributed by atoms with Gasteiger partial charge in [-0.2, -0.15) is 0 Å². The van der Waals surface area contributed by atoms with Crippen molar-refractivity contribution in [3.05, 3.63) is 16.5 Å². The van der Waals surface area contributed by atoms with Crippen LogP contribution in [0.4, 0.5) is 9.39 Å². The summed E-state index contributed by atoms with van der Waals surface area (Å²) >= 11 is 6.06. The predicted octanol–water partition coefficient (Wildman–Crippen LogP) is 1.63. The third kappa shape index (κ3) is 2.90. The van der Waals surface area contributed by atoms with Gasteiger partial charge in [0.1, 0.15) is 5.00 Å². The Hall–Kier alpha value is -1.14. The number of primary amides is 1. The van der Waals surface area contributed by atoms with Gasteiger partial charge in [0.2, 0.25) is 0 Å². The molecule has 0 aliphatic heterocycles. The lowest BCUT2D eigenvalue weighted by Gasteiger charge is -2.03. The number of hydrogen-bond donors (Lipinski definition) is 2. The second-order valence-corrected chi connectivity index (χ2v) is 4.39. The van der Waals surface area contributed by atoms with Crippen molar-refractivity contribution in [2.45, 2.75) is 12.6 Å². The van der Waals surface area contributed by atoms with E-state index in [4.69, 9.17) is 17.3 Å². The van der Waals surface area contributed by atoms with E-state index in [9.17, 15) is 14.0 Å². The van der Waals surface area contributed by atoms with Crippen LogP contribution >= 0.6 is 22.9 Å². The minimum Gasteiger partial charge on any atom is -0.366 e. The number of halogens is 2. The molecular weight excluding hydrogens is 243 g/mol.